The number of hydrogen-bond donors (Lipinski definition) is 1. The van der Waals surface area contributed by atoms with Gasteiger partial charge in [-0.3, -0.25) is 0 Å². The van der Waals surface area contributed by atoms with Gasteiger partial charge < -0.3 is 10.6 Å². The molecule has 2 N–H and O–H groups in total. The van der Waals surface area contributed by atoms with Crippen LogP contribution in [0.3, 0.4) is 0 Å². The summed E-state index contributed by atoms with van der Waals surface area (Å²) in [6.45, 7) is 0.979. The van der Waals surface area contributed by atoms with Crippen LogP contribution in [-0.4, -0.2) is 7.05 Å². The van der Waals surface area contributed by atoms with Crippen molar-refractivity contribution in [2.45, 2.75) is 13.1 Å². The van der Waals surface area contributed by atoms with Crippen LogP contribution in [0.25, 0.3) is 0 Å². The Bertz CT molecular complexity index is 558. The molecule has 0 atom stereocenters. The maximum atomic E-state index is 14.3. The SMILES string of the molecule is CN(Cc1ccccc1)c1ccc(CN)c(Br)c1F. The van der Waals surface area contributed by atoms with E-state index in [1.54, 1.807) is 6.07 Å². The second-order valence-electron chi connectivity index (χ2n) is 4.42. The molecule has 0 heterocycles. The summed E-state index contributed by atoms with van der Waals surface area (Å²) >= 11 is 3.26. The first-order valence-electron chi connectivity index (χ1n) is 6.05. The van der Waals surface area contributed by atoms with Crippen molar-refractivity contribution in [3.63, 3.8) is 0 Å². The van der Waals surface area contributed by atoms with Crippen LogP contribution in [0.1, 0.15) is 11.1 Å². The number of halogens is 2. The summed E-state index contributed by atoms with van der Waals surface area (Å²) in [4.78, 5) is 1.88. The zero-order valence-corrected chi connectivity index (χ0v) is 12.3. The van der Waals surface area contributed by atoms with E-state index in [4.69, 9.17) is 5.73 Å². The van der Waals surface area contributed by atoms with Gasteiger partial charge in [-0.15, -0.1) is 0 Å². The Hall–Kier alpha value is -1.39. The molecule has 2 aromatic rings. The van der Waals surface area contributed by atoms with Crippen molar-refractivity contribution < 1.29 is 4.39 Å². The van der Waals surface area contributed by atoms with Crippen molar-refractivity contribution in [3.8, 4) is 0 Å². The molecule has 0 fully saturated rings. The van der Waals surface area contributed by atoms with Crippen LogP contribution < -0.4 is 10.6 Å². The highest BCUT2D eigenvalue weighted by Gasteiger charge is 2.13. The lowest BCUT2D eigenvalue weighted by molar-refractivity contribution is 0.613. The molecule has 0 radical (unpaired) electrons. The molecule has 0 aliphatic rings. The van der Waals surface area contributed by atoms with Crippen LogP contribution in [0.15, 0.2) is 46.9 Å². The predicted octanol–water partition coefficient (Wildman–Crippen LogP) is 3.68. The van der Waals surface area contributed by atoms with Gasteiger partial charge in [0.25, 0.3) is 0 Å². The molecule has 0 aliphatic heterocycles. The summed E-state index contributed by atoms with van der Waals surface area (Å²) in [6.07, 6.45) is 0. The van der Waals surface area contributed by atoms with Crippen molar-refractivity contribution in [2.75, 3.05) is 11.9 Å². The molecule has 2 nitrogen and oxygen atoms in total. The van der Waals surface area contributed by atoms with Gasteiger partial charge in [0.15, 0.2) is 5.82 Å². The average molecular weight is 323 g/mol. The standard InChI is InChI=1S/C15H16BrFN2/c1-19(10-11-5-3-2-4-6-11)13-8-7-12(9-18)14(16)15(13)17/h2-8H,9-10,18H2,1H3. The molecule has 0 aliphatic carbocycles. The molecule has 4 heteroatoms. The van der Waals surface area contributed by atoms with Crippen molar-refractivity contribution in [3.05, 3.63) is 63.9 Å². The van der Waals surface area contributed by atoms with Gasteiger partial charge in [0.1, 0.15) is 0 Å². The van der Waals surface area contributed by atoms with Crippen molar-refractivity contribution in [2.24, 2.45) is 5.73 Å². The third-order valence-corrected chi connectivity index (χ3v) is 3.89. The Morgan fingerprint density at radius 1 is 1.16 bits per heavy atom. The lowest BCUT2D eigenvalue weighted by Gasteiger charge is -2.21. The molecule has 2 rings (SSSR count). The molecular formula is C15H16BrFN2. The van der Waals surface area contributed by atoms with E-state index in [2.05, 4.69) is 15.9 Å². The van der Waals surface area contributed by atoms with Gasteiger partial charge in [0, 0.05) is 20.1 Å². The molecule has 0 saturated carbocycles. The fourth-order valence-electron chi connectivity index (χ4n) is 1.97. The minimum absolute atomic E-state index is 0.263. The van der Waals surface area contributed by atoms with Crippen LogP contribution in [0.4, 0.5) is 10.1 Å². The predicted molar refractivity (Wildman–Crippen MR) is 80.5 cm³/mol. The number of nitrogens with zero attached hydrogens (tertiary/aromatic N) is 1. The lowest BCUT2D eigenvalue weighted by Crippen LogP contribution is -2.18. The van der Waals surface area contributed by atoms with Crippen molar-refractivity contribution in [1.82, 2.24) is 0 Å². The molecule has 19 heavy (non-hydrogen) atoms. The number of nitrogens with two attached hydrogens (primary N) is 1. The summed E-state index contributed by atoms with van der Waals surface area (Å²) < 4.78 is 14.7. The second kappa shape index (κ2) is 6.17. The maximum Gasteiger partial charge on any atom is 0.160 e. The summed E-state index contributed by atoms with van der Waals surface area (Å²) in [5.41, 5.74) is 8.04. The van der Waals surface area contributed by atoms with E-state index in [0.717, 1.165) is 11.1 Å². The quantitative estimate of drug-likeness (QED) is 0.930. The summed E-state index contributed by atoms with van der Waals surface area (Å²) in [5.74, 6) is -0.263. The minimum Gasteiger partial charge on any atom is -0.368 e. The highest BCUT2D eigenvalue weighted by molar-refractivity contribution is 9.10. The number of hydrogen-bond acceptors (Lipinski definition) is 2. The first-order valence-corrected chi connectivity index (χ1v) is 6.84. The highest BCUT2D eigenvalue weighted by atomic mass is 79.9. The van der Waals surface area contributed by atoms with Crippen LogP contribution in [0.2, 0.25) is 0 Å². The van der Waals surface area contributed by atoms with E-state index in [9.17, 15) is 4.39 Å². The first kappa shape index (κ1) is 14.0. The third-order valence-electron chi connectivity index (χ3n) is 3.04. The van der Waals surface area contributed by atoms with Crippen LogP contribution in [-0.2, 0) is 13.1 Å². The molecular weight excluding hydrogens is 307 g/mol. The van der Waals surface area contributed by atoms with Crippen LogP contribution in [0, 0.1) is 5.82 Å². The smallest absolute Gasteiger partial charge is 0.160 e. The molecule has 0 bridgehead atoms. The van der Waals surface area contributed by atoms with Crippen LogP contribution in [0.5, 0.6) is 0 Å². The third kappa shape index (κ3) is 3.14. The average Bonchev–Trinajstić information content (AvgIpc) is 2.42. The fraction of sp³-hybridized carbons (Fsp3) is 0.200. The minimum atomic E-state index is -0.263. The van der Waals surface area contributed by atoms with Gasteiger partial charge in [-0.25, -0.2) is 4.39 Å². The van der Waals surface area contributed by atoms with Crippen molar-refractivity contribution >= 4 is 21.6 Å². The Kier molecular flexibility index (Phi) is 4.56. The topological polar surface area (TPSA) is 29.3 Å². The number of rotatable bonds is 4. The molecule has 2 aromatic carbocycles. The van der Waals surface area contributed by atoms with E-state index in [1.165, 1.54) is 0 Å². The summed E-state index contributed by atoms with van der Waals surface area (Å²) in [7, 11) is 1.87. The van der Waals surface area contributed by atoms with E-state index in [-0.39, 0.29) is 5.82 Å². The molecule has 0 aromatic heterocycles. The fourth-order valence-corrected chi connectivity index (χ4v) is 2.47. The zero-order valence-electron chi connectivity index (χ0n) is 10.7. The van der Waals surface area contributed by atoms with Gasteiger partial charge >= 0.3 is 0 Å². The number of benzene rings is 2. The molecule has 0 amide bonds. The first-order chi connectivity index (χ1) is 9.13. The monoisotopic (exact) mass is 322 g/mol. The van der Waals surface area contributed by atoms with Gasteiger partial charge in [-0.05, 0) is 33.1 Å². The van der Waals surface area contributed by atoms with E-state index in [1.807, 2.05) is 48.3 Å². The van der Waals surface area contributed by atoms with E-state index >= 15 is 0 Å². The molecule has 0 saturated heterocycles. The lowest BCUT2D eigenvalue weighted by atomic mass is 10.1. The summed E-state index contributed by atoms with van der Waals surface area (Å²) in [5, 5.41) is 0. The van der Waals surface area contributed by atoms with E-state index < -0.39 is 0 Å². The van der Waals surface area contributed by atoms with E-state index in [0.29, 0.717) is 23.2 Å². The van der Waals surface area contributed by atoms with Crippen LogP contribution >= 0.6 is 15.9 Å². The Morgan fingerprint density at radius 2 is 1.84 bits per heavy atom. The van der Waals surface area contributed by atoms with Crippen molar-refractivity contribution in [1.29, 1.82) is 0 Å². The molecule has 0 unspecified atom stereocenters. The second-order valence-corrected chi connectivity index (χ2v) is 5.21. The largest absolute Gasteiger partial charge is 0.368 e. The Morgan fingerprint density at radius 3 is 2.47 bits per heavy atom. The van der Waals surface area contributed by atoms with Gasteiger partial charge in [0.05, 0.1) is 10.2 Å². The van der Waals surface area contributed by atoms with Gasteiger partial charge in [-0.1, -0.05) is 36.4 Å². The highest BCUT2D eigenvalue weighted by Crippen LogP contribution is 2.29. The Labute approximate surface area is 121 Å². The van der Waals surface area contributed by atoms with Gasteiger partial charge in [-0.2, -0.15) is 0 Å². The van der Waals surface area contributed by atoms with Gasteiger partial charge in [0.2, 0.25) is 0 Å². The molecule has 0 spiro atoms. The summed E-state index contributed by atoms with van der Waals surface area (Å²) in [6, 6.07) is 13.6. The normalized spacial score (nSPS) is 10.5. The zero-order chi connectivity index (χ0) is 13.8. The number of anilines is 1. The molecule has 100 valence electrons. The maximum absolute atomic E-state index is 14.3. The Balaban J connectivity index is 2.25.